The molecule has 1 aromatic carbocycles. The second kappa shape index (κ2) is 8.61. The number of hydrogen-bond acceptors (Lipinski definition) is 5. The zero-order valence-corrected chi connectivity index (χ0v) is 19.5. The minimum absolute atomic E-state index is 0.0308. The van der Waals surface area contributed by atoms with Gasteiger partial charge in [0.25, 0.3) is 0 Å². The number of carbonyl (C=O) groups is 2. The third-order valence-corrected chi connectivity index (χ3v) is 8.70. The van der Waals surface area contributed by atoms with Gasteiger partial charge in [-0.05, 0) is 74.9 Å². The summed E-state index contributed by atoms with van der Waals surface area (Å²) in [4.78, 5) is 27.4. The topological polar surface area (TPSA) is 99.9 Å². The number of nitrogens with zero attached hydrogens (tertiary/aromatic N) is 2. The molecule has 2 aliphatic heterocycles. The van der Waals surface area contributed by atoms with Gasteiger partial charge in [0.05, 0.1) is 23.6 Å². The first-order valence-electron chi connectivity index (χ1n) is 11.6. The summed E-state index contributed by atoms with van der Waals surface area (Å²) in [7, 11) is -3.74. The molecule has 0 bridgehead atoms. The second-order valence-electron chi connectivity index (χ2n) is 9.33. The first-order valence-corrected chi connectivity index (χ1v) is 13.0. The first kappa shape index (κ1) is 22.2. The van der Waals surface area contributed by atoms with Crippen molar-refractivity contribution in [1.29, 1.82) is 0 Å². The number of fused-ring (bicyclic) bond motifs is 1. The largest absolute Gasteiger partial charge is 0.467 e. The molecule has 1 N–H and O–H groups in total. The molecular weight excluding hydrogens is 442 g/mol. The zero-order valence-electron chi connectivity index (χ0n) is 18.7. The van der Waals surface area contributed by atoms with Crippen LogP contribution in [0.15, 0.2) is 45.9 Å². The third-order valence-electron chi connectivity index (χ3n) is 6.84. The van der Waals surface area contributed by atoms with Crippen molar-refractivity contribution in [2.24, 2.45) is 11.8 Å². The van der Waals surface area contributed by atoms with Crippen LogP contribution in [0, 0.1) is 11.8 Å². The van der Waals surface area contributed by atoms with E-state index in [1.54, 1.807) is 36.6 Å². The van der Waals surface area contributed by atoms with Crippen LogP contribution in [0.1, 0.15) is 43.9 Å². The molecule has 2 fully saturated rings. The van der Waals surface area contributed by atoms with E-state index >= 15 is 0 Å². The van der Waals surface area contributed by atoms with Gasteiger partial charge < -0.3 is 14.6 Å². The third kappa shape index (κ3) is 4.31. The number of amides is 2. The van der Waals surface area contributed by atoms with Gasteiger partial charge in [-0.15, -0.1) is 0 Å². The molecule has 33 heavy (non-hydrogen) atoms. The number of sulfonamides is 1. The number of benzene rings is 1. The Bertz CT molecular complexity index is 1160. The number of nitrogens with one attached hydrogen (secondary N) is 1. The van der Waals surface area contributed by atoms with Crippen LogP contribution in [0.4, 0.5) is 5.69 Å². The fourth-order valence-electron chi connectivity index (χ4n) is 4.89. The number of furan rings is 1. The van der Waals surface area contributed by atoms with Crippen molar-refractivity contribution < 1.29 is 22.4 Å². The molecule has 5 rings (SSSR count). The van der Waals surface area contributed by atoms with Crippen LogP contribution in [0.2, 0.25) is 0 Å². The van der Waals surface area contributed by atoms with Gasteiger partial charge in [-0.2, -0.15) is 4.31 Å². The molecule has 9 heteroatoms. The molecule has 3 heterocycles. The van der Waals surface area contributed by atoms with Crippen LogP contribution < -0.4 is 10.2 Å². The SMILES string of the molecule is CC1Cc2cc(S(=O)(=O)N3CCCC(C(=O)NCc4ccco4)C3)ccc2N1C(=O)C1CC1. The van der Waals surface area contributed by atoms with Crippen molar-refractivity contribution in [3.63, 3.8) is 0 Å². The van der Waals surface area contributed by atoms with Crippen LogP contribution >= 0.6 is 0 Å². The van der Waals surface area contributed by atoms with Crippen molar-refractivity contribution in [1.82, 2.24) is 9.62 Å². The summed E-state index contributed by atoms with van der Waals surface area (Å²) in [5.74, 6) is 0.362. The second-order valence-corrected chi connectivity index (χ2v) is 11.3. The van der Waals surface area contributed by atoms with Crippen LogP contribution in [-0.4, -0.2) is 43.7 Å². The van der Waals surface area contributed by atoms with E-state index in [1.807, 2.05) is 11.8 Å². The summed E-state index contributed by atoms with van der Waals surface area (Å²) in [6, 6.07) is 8.65. The Kier molecular flexibility index (Phi) is 5.78. The van der Waals surface area contributed by atoms with E-state index in [9.17, 15) is 18.0 Å². The summed E-state index contributed by atoms with van der Waals surface area (Å²) >= 11 is 0. The Hall–Kier alpha value is -2.65. The average molecular weight is 472 g/mol. The van der Waals surface area contributed by atoms with Gasteiger partial charge in [0.15, 0.2) is 0 Å². The van der Waals surface area contributed by atoms with Crippen molar-refractivity contribution in [3.8, 4) is 0 Å². The first-order chi connectivity index (χ1) is 15.8. The number of anilines is 1. The number of piperidine rings is 1. The molecule has 1 saturated heterocycles. The molecule has 176 valence electrons. The number of hydrogen-bond donors (Lipinski definition) is 1. The van der Waals surface area contributed by atoms with Gasteiger partial charge in [0.1, 0.15) is 5.76 Å². The summed E-state index contributed by atoms with van der Waals surface area (Å²) in [5, 5.41) is 2.84. The lowest BCUT2D eigenvalue weighted by Gasteiger charge is -2.31. The Morgan fingerprint density at radius 3 is 2.70 bits per heavy atom. The van der Waals surface area contributed by atoms with Crippen molar-refractivity contribution in [3.05, 3.63) is 47.9 Å². The minimum Gasteiger partial charge on any atom is -0.467 e. The molecule has 3 aliphatic rings. The van der Waals surface area contributed by atoms with E-state index in [0.717, 1.165) is 24.1 Å². The van der Waals surface area contributed by atoms with E-state index in [-0.39, 0.29) is 41.8 Å². The fraction of sp³-hybridized carbons (Fsp3) is 0.500. The Morgan fingerprint density at radius 2 is 1.97 bits per heavy atom. The van der Waals surface area contributed by atoms with Crippen LogP contribution in [0.5, 0.6) is 0 Å². The maximum Gasteiger partial charge on any atom is 0.243 e. The lowest BCUT2D eigenvalue weighted by Crippen LogP contribution is -2.45. The molecule has 0 spiro atoms. The van der Waals surface area contributed by atoms with Gasteiger partial charge in [0, 0.05) is 30.7 Å². The standard InChI is InChI=1S/C24H29N3O5S/c1-16-12-19-13-21(8-9-22(19)27(16)24(29)17-6-7-17)33(30,31)26-10-2-4-18(15-26)23(28)25-14-20-5-3-11-32-20/h3,5,8-9,11,13,16-18H,2,4,6-7,10,12,14-15H2,1H3,(H,25,28). The van der Waals surface area contributed by atoms with E-state index in [0.29, 0.717) is 31.6 Å². The smallest absolute Gasteiger partial charge is 0.243 e. The molecule has 1 saturated carbocycles. The van der Waals surface area contributed by atoms with E-state index < -0.39 is 15.9 Å². The molecule has 2 atom stereocenters. The molecular formula is C24H29N3O5S. The molecule has 1 aromatic heterocycles. The Labute approximate surface area is 194 Å². The van der Waals surface area contributed by atoms with Gasteiger partial charge in [-0.1, -0.05) is 0 Å². The Balaban J connectivity index is 1.29. The molecule has 1 aliphatic carbocycles. The number of rotatable bonds is 6. The zero-order chi connectivity index (χ0) is 23.2. The fourth-order valence-corrected chi connectivity index (χ4v) is 6.46. The maximum absolute atomic E-state index is 13.4. The molecule has 2 unspecified atom stereocenters. The average Bonchev–Trinajstić information content (AvgIpc) is 3.43. The molecule has 2 aromatic rings. The van der Waals surface area contributed by atoms with Crippen LogP contribution in [-0.2, 0) is 32.6 Å². The highest BCUT2D eigenvalue weighted by Gasteiger charge is 2.40. The predicted octanol–water partition coefficient (Wildman–Crippen LogP) is 2.68. The Morgan fingerprint density at radius 1 is 1.15 bits per heavy atom. The monoisotopic (exact) mass is 471 g/mol. The van der Waals surface area contributed by atoms with Gasteiger partial charge in [0.2, 0.25) is 21.8 Å². The highest BCUT2D eigenvalue weighted by molar-refractivity contribution is 7.89. The summed E-state index contributed by atoms with van der Waals surface area (Å²) in [6.45, 7) is 2.84. The van der Waals surface area contributed by atoms with Gasteiger partial charge in [-0.3, -0.25) is 9.59 Å². The normalized spacial score (nSPS) is 23.4. The summed E-state index contributed by atoms with van der Waals surface area (Å²) in [6.07, 6.45) is 5.35. The quantitative estimate of drug-likeness (QED) is 0.698. The van der Waals surface area contributed by atoms with Crippen LogP contribution in [0.25, 0.3) is 0 Å². The minimum atomic E-state index is -3.74. The van der Waals surface area contributed by atoms with Crippen molar-refractivity contribution in [2.45, 2.75) is 56.5 Å². The predicted molar refractivity (Wildman–Crippen MR) is 122 cm³/mol. The highest BCUT2D eigenvalue weighted by atomic mass is 32.2. The summed E-state index contributed by atoms with van der Waals surface area (Å²) in [5.41, 5.74) is 1.72. The highest BCUT2D eigenvalue weighted by Crippen LogP contribution is 2.40. The van der Waals surface area contributed by atoms with Gasteiger partial charge >= 0.3 is 0 Å². The van der Waals surface area contributed by atoms with Crippen LogP contribution in [0.3, 0.4) is 0 Å². The van der Waals surface area contributed by atoms with Gasteiger partial charge in [-0.25, -0.2) is 8.42 Å². The lowest BCUT2D eigenvalue weighted by atomic mass is 9.99. The summed E-state index contributed by atoms with van der Waals surface area (Å²) < 4.78 is 33.5. The molecule has 0 radical (unpaired) electrons. The van der Waals surface area contributed by atoms with E-state index in [2.05, 4.69) is 5.32 Å². The molecule has 2 amide bonds. The lowest BCUT2D eigenvalue weighted by molar-refractivity contribution is -0.126. The van der Waals surface area contributed by atoms with E-state index in [4.69, 9.17) is 4.42 Å². The van der Waals surface area contributed by atoms with Crippen molar-refractivity contribution in [2.75, 3.05) is 18.0 Å². The van der Waals surface area contributed by atoms with E-state index in [1.165, 1.54) is 4.31 Å². The molecule has 8 nitrogen and oxygen atoms in total. The number of carbonyl (C=O) groups excluding carboxylic acids is 2. The maximum atomic E-state index is 13.4. The van der Waals surface area contributed by atoms with Crippen molar-refractivity contribution >= 4 is 27.5 Å².